The van der Waals surface area contributed by atoms with Gasteiger partial charge in [-0.15, -0.1) is 0 Å². The minimum absolute atomic E-state index is 0.122. The highest BCUT2D eigenvalue weighted by Crippen LogP contribution is 2.45. The summed E-state index contributed by atoms with van der Waals surface area (Å²) in [5.74, 6) is -2.95. The second kappa shape index (κ2) is 10.8. The van der Waals surface area contributed by atoms with Crippen LogP contribution in [0.25, 0.3) is 0 Å². The molecule has 0 saturated carbocycles. The number of aromatic hydroxyl groups is 8. The van der Waals surface area contributed by atoms with Crippen LogP contribution in [0.4, 0.5) is 0 Å². The summed E-state index contributed by atoms with van der Waals surface area (Å²) in [5, 5.41) is 82.2. The number of rotatable bonds is 6. The van der Waals surface area contributed by atoms with E-state index in [-0.39, 0.29) is 46.0 Å². The van der Waals surface area contributed by atoms with Crippen LogP contribution < -0.4 is 0 Å². The van der Waals surface area contributed by atoms with Crippen molar-refractivity contribution in [1.82, 2.24) is 0 Å². The Labute approximate surface area is 241 Å². The maximum Gasteiger partial charge on any atom is 0.157 e. The number of aryl methyl sites for hydroxylation is 2. The van der Waals surface area contributed by atoms with Crippen molar-refractivity contribution in [3.8, 4) is 46.0 Å². The molecule has 0 aliphatic carbocycles. The zero-order valence-corrected chi connectivity index (χ0v) is 22.8. The Kier molecular flexibility index (Phi) is 7.22. The first-order valence-electron chi connectivity index (χ1n) is 13.1. The predicted molar refractivity (Wildman–Crippen MR) is 157 cm³/mol. The fourth-order valence-corrected chi connectivity index (χ4v) is 5.50. The molecule has 5 aromatic rings. The van der Waals surface area contributed by atoms with Crippen molar-refractivity contribution in [2.45, 2.75) is 25.7 Å². The maximum absolute atomic E-state index is 10.7. The molecule has 8 nitrogen and oxygen atoms in total. The summed E-state index contributed by atoms with van der Waals surface area (Å²) >= 11 is 0. The van der Waals surface area contributed by atoms with Gasteiger partial charge < -0.3 is 40.9 Å². The van der Waals surface area contributed by atoms with E-state index in [1.807, 2.05) is 24.3 Å². The van der Waals surface area contributed by atoms with Crippen LogP contribution in [0.15, 0.2) is 84.9 Å². The summed E-state index contributed by atoms with van der Waals surface area (Å²) in [4.78, 5) is 0. The molecule has 0 saturated heterocycles. The third-order valence-corrected chi connectivity index (χ3v) is 7.60. The van der Waals surface area contributed by atoms with Crippen LogP contribution >= 0.6 is 0 Å². The van der Waals surface area contributed by atoms with Crippen LogP contribution in [-0.2, 0) is 0 Å². The van der Waals surface area contributed by atoms with Crippen molar-refractivity contribution >= 4 is 0 Å². The molecular formula is C34H30O8. The second-order valence-electron chi connectivity index (χ2n) is 10.4. The van der Waals surface area contributed by atoms with E-state index in [9.17, 15) is 40.9 Å². The highest BCUT2D eigenvalue weighted by atomic mass is 16.3. The first-order chi connectivity index (χ1) is 19.9. The molecular weight excluding hydrogens is 536 g/mol. The third kappa shape index (κ3) is 5.17. The Morgan fingerprint density at radius 1 is 0.357 bits per heavy atom. The van der Waals surface area contributed by atoms with E-state index >= 15 is 0 Å². The van der Waals surface area contributed by atoms with Crippen LogP contribution in [0.2, 0.25) is 0 Å². The molecule has 0 atom stereocenters. The lowest BCUT2D eigenvalue weighted by molar-refractivity contribution is 0.401. The van der Waals surface area contributed by atoms with E-state index in [2.05, 4.69) is 0 Å². The van der Waals surface area contributed by atoms with Crippen LogP contribution in [0.3, 0.4) is 0 Å². The van der Waals surface area contributed by atoms with Gasteiger partial charge >= 0.3 is 0 Å². The third-order valence-electron chi connectivity index (χ3n) is 7.60. The van der Waals surface area contributed by atoms with E-state index in [0.29, 0.717) is 38.9 Å². The molecule has 0 heterocycles. The molecule has 42 heavy (non-hydrogen) atoms. The minimum atomic E-state index is -0.683. The highest BCUT2D eigenvalue weighted by molar-refractivity contribution is 5.59. The molecule has 0 fully saturated rings. The van der Waals surface area contributed by atoms with Gasteiger partial charge in [-0.2, -0.15) is 0 Å². The molecule has 5 aromatic carbocycles. The average molecular weight is 567 g/mol. The summed E-state index contributed by atoms with van der Waals surface area (Å²) < 4.78 is 0. The fraction of sp³-hybridized carbons (Fsp3) is 0.118. The standard InChI is InChI=1S/C34H30O8/c1-17-11-29(39)31(41)15-25(17)34(26-16-32(42)30(40)12-18(26)2)20-5-3-19(4-6-20)33(23-9-7-21(35)13-27(23)37)24-10-8-22(36)14-28(24)38/h3-16,33-42H,1-2H3. The monoisotopic (exact) mass is 566 g/mol. The molecule has 0 radical (unpaired) electrons. The summed E-state index contributed by atoms with van der Waals surface area (Å²) in [6.45, 7) is 3.59. The minimum Gasteiger partial charge on any atom is -0.508 e. The van der Waals surface area contributed by atoms with Gasteiger partial charge in [0.15, 0.2) is 23.0 Å². The Balaban J connectivity index is 1.69. The van der Waals surface area contributed by atoms with Gasteiger partial charge in [-0.1, -0.05) is 36.4 Å². The highest BCUT2D eigenvalue weighted by Gasteiger charge is 2.26. The molecule has 0 spiro atoms. The van der Waals surface area contributed by atoms with Gasteiger partial charge in [0.05, 0.1) is 0 Å². The van der Waals surface area contributed by atoms with Crippen LogP contribution in [0.5, 0.6) is 46.0 Å². The zero-order chi connectivity index (χ0) is 30.3. The zero-order valence-electron chi connectivity index (χ0n) is 22.8. The van der Waals surface area contributed by atoms with Crippen LogP contribution in [0, 0.1) is 13.8 Å². The van der Waals surface area contributed by atoms with Crippen molar-refractivity contribution in [2.75, 3.05) is 0 Å². The molecule has 8 heteroatoms. The van der Waals surface area contributed by atoms with E-state index in [1.165, 1.54) is 48.5 Å². The molecule has 0 aromatic heterocycles. The first kappa shape index (κ1) is 28.0. The Hall–Kier alpha value is -5.50. The fourth-order valence-electron chi connectivity index (χ4n) is 5.50. The molecule has 0 bridgehead atoms. The number of phenols is 8. The van der Waals surface area contributed by atoms with Gasteiger partial charge in [-0.3, -0.25) is 0 Å². The molecule has 5 rings (SSSR count). The summed E-state index contributed by atoms with van der Waals surface area (Å²) in [5.41, 5.74) is 4.96. The predicted octanol–water partition coefficient (Wildman–Crippen LogP) is 6.31. The topological polar surface area (TPSA) is 162 Å². The van der Waals surface area contributed by atoms with Gasteiger partial charge in [-0.05, 0) is 83.6 Å². The van der Waals surface area contributed by atoms with Crippen molar-refractivity contribution in [1.29, 1.82) is 0 Å². The molecule has 0 amide bonds. The molecule has 0 unspecified atom stereocenters. The number of hydrogen-bond donors (Lipinski definition) is 8. The number of benzene rings is 5. The van der Waals surface area contributed by atoms with Crippen molar-refractivity contribution in [2.24, 2.45) is 0 Å². The molecule has 0 aliphatic heterocycles. The first-order valence-corrected chi connectivity index (χ1v) is 13.1. The smallest absolute Gasteiger partial charge is 0.157 e. The molecule has 214 valence electrons. The van der Waals surface area contributed by atoms with E-state index in [0.717, 1.165) is 5.56 Å². The van der Waals surface area contributed by atoms with E-state index < -0.39 is 11.8 Å². The lowest BCUT2D eigenvalue weighted by Crippen LogP contribution is -2.09. The maximum atomic E-state index is 10.7. The Bertz CT molecular complexity index is 1680. The summed E-state index contributed by atoms with van der Waals surface area (Å²) in [7, 11) is 0. The van der Waals surface area contributed by atoms with Gasteiger partial charge in [-0.25, -0.2) is 0 Å². The Morgan fingerprint density at radius 3 is 1.05 bits per heavy atom. The van der Waals surface area contributed by atoms with E-state index in [4.69, 9.17) is 0 Å². The number of hydrogen-bond acceptors (Lipinski definition) is 8. The lowest BCUT2D eigenvalue weighted by Gasteiger charge is -2.25. The van der Waals surface area contributed by atoms with Crippen molar-refractivity contribution in [3.05, 3.63) is 129 Å². The van der Waals surface area contributed by atoms with Gasteiger partial charge in [0.25, 0.3) is 0 Å². The summed E-state index contributed by atoms with van der Waals surface area (Å²) in [6.07, 6.45) is 0. The summed E-state index contributed by atoms with van der Waals surface area (Å²) in [6, 6.07) is 21.6. The lowest BCUT2D eigenvalue weighted by atomic mass is 9.79. The second-order valence-corrected chi connectivity index (χ2v) is 10.4. The normalized spacial score (nSPS) is 11.3. The van der Waals surface area contributed by atoms with Crippen molar-refractivity contribution in [3.63, 3.8) is 0 Å². The van der Waals surface area contributed by atoms with Gasteiger partial charge in [0.2, 0.25) is 0 Å². The Morgan fingerprint density at radius 2 is 0.690 bits per heavy atom. The van der Waals surface area contributed by atoms with Gasteiger partial charge in [0, 0.05) is 35.1 Å². The van der Waals surface area contributed by atoms with Crippen LogP contribution in [-0.4, -0.2) is 40.9 Å². The molecule has 8 N–H and O–H groups in total. The number of phenolic OH excluding ortho intramolecular Hbond substituents is 8. The van der Waals surface area contributed by atoms with Gasteiger partial charge in [0.1, 0.15) is 23.0 Å². The SMILES string of the molecule is Cc1cc(O)c(O)cc1C(c1ccc(C(c2ccc(O)cc2O)c2ccc(O)cc2O)cc1)c1cc(O)c(O)cc1C. The van der Waals surface area contributed by atoms with E-state index in [1.54, 1.807) is 26.0 Å². The molecule has 0 aliphatic rings. The average Bonchev–Trinajstić information content (AvgIpc) is 2.93. The largest absolute Gasteiger partial charge is 0.508 e. The van der Waals surface area contributed by atoms with Crippen molar-refractivity contribution < 1.29 is 40.9 Å². The quantitative estimate of drug-likeness (QED) is 0.0876. The van der Waals surface area contributed by atoms with Crippen LogP contribution in [0.1, 0.15) is 56.3 Å².